The van der Waals surface area contributed by atoms with Gasteiger partial charge in [-0.2, -0.15) is 9.61 Å². The summed E-state index contributed by atoms with van der Waals surface area (Å²) in [5, 5.41) is 27.8. The molecule has 0 radical (unpaired) electrons. The smallest absolute Gasteiger partial charge is 0.321 e. The van der Waals surface area contributed by atoms with E-state index in [1.165, 1.54) is 0 Å². The van der Waals surface area contributed by atoms with Crippen LogP contribution in [0.2, 0.25) is 0 Å². The van der Waals surface area contributed by atoms with Gasteiger partial charge in [0.15, 0.2) is 5.65 Å². The van der Waals surface area contributed by atoms with Crippen LogP contribution in [0.5, 0.6) is 0 Å². The molecule has 16 nitrogen and oxygen atoms in total. The Kier molecular flexibility index (Phi) is 13.8. The Morgan fingerprint density at radius 3 is 2.55 bits per heavy atom. The van der Waals surface area contributed by atoms with E-state index in [0.717, 1.165) is 96.7 Å². The Hall–Kier alpha value is -6.39. The Morgan fingerprint density at radius 1 is 0.969 bits per heavy atom. The van der Waals surface area contributed by atoms with Crippen LogP contribution in [0, 0.1) is 0 Å². The molecule has 336 valence electrons. The van der Waals surface area contributed by atoms with Gasteiger partial charge >= 0.3 is 6.03 Å². The van der Waals surface area contributed by atoms with Crippen LogP contribution in [0.15, 0.2) is 73.1 Å². The number of urea groups is 1. The van der Waals surface area contributed by atoms with Crippen LogP contribution in [0.3, 0.4) is 0 Å². The topological polar surface area (TPSA) is 189 Å². The first-order valence-corrected chi connectivity index (χ1v) is 22.7. The number of anilines is 4. The van der Waals surface area contributed by atoms with Crippen molar-refractivity contribution in [2.45, 2.75) is 103 Å². The van der Waals surface area contributed by atoms with Crippen LogP contribution in [-0.4, -0.2) is 102 Å². The number of piperidine rings is 1. The van der Waals surface area contributed by atoms with Crippen LogP contribution in [-0.2, 0) is 29.1 Å². The standard InChI is InChI=1S/C48H59N11O5/c1-4-10-40(60)36-14-9-21-49-44(36)53-41-27-42(59-45(54-41)37(29-51-59)31(2)3)50-28-32-15-17-34(18-16-32)52-48(64)57-25-23-56(24-26-57)22-7-5-6-11-33-12-8-13-35-38(33)30-58(47(35)63)39-19-20-43(61)55-46(39)62/h8-9,12-18,21,27,29,31,39-40,50,60H,4-7,10-11,19-20,22-26,28,30H2,1-3H3,(H,52,64)(H,49,53,54)(H,55,61,62)/t39?,40-/m1/s1. The van der Waals surface area contributed by atoms with Gasteiger partial charge in [0.1, 0.15) is 23.5 Å². The van der Waals surface area contributed by atoms with Gasteiger partial charge in [-0.05, 0) is 85.5 Å². The lowest BCUT2D eigenvalue weighted by Crippen LogP contribution is -2.52. The van der Waals surface area contributed by atoms with E-state index in [2.05, 4.69) is 56.2 Å². The predicted molar refractivity (Wildman–Crippen MR) is 245 cm³/mol. The normalized spacial score (nSPS) is 17.2. The van der Waals surface area contributed by atoms with Gasteiger partial charge in [-0.3, -0.25) is 24.6 Å². The number of pyridine rings is 1. The molecule has 0 spiro atoms. The first-order valence-electron chi connectivity index (χ1n) is 22.7. The number of nitrogens with zero attached hydrogens (tertiary/aromatic N) is 7. The second-order valence-electron chi connectivity index (χ2n) is 17.4. The molecule has 5 amide bonds. The molecule has 5 N–H and O–H groups in total. The van der Waals surface area contributed by atoms with Gasteiger partial charge in [0.2, 0.25) is 11.8 Å². The molecule has 2 saturated heterocycles. The van der Waals surface area contributed by atoms with Gasteiger partial charge < -0.3 is 30.9 Å². The van der Waals surface area contributed by atoms with E-state index in [-0.39, 0.29) is 36.1 Å². The van der Waals surface area contributed by atoms with Gasteiger partial charge in [0, 0.05) is 80.3 Å². The zero-order valence-corrected chi connectivity index (χ0v) is 37.0. The molecule has 2 atom stereocenters. The van der Waals surface area contributed by atoms with E-state index in [9.17, 15) is 24.3 Å². The van der Waals surface area contributed by atoms with Crippen LogP contribution >= 0.6 is 0 Å². The van der Waals surface area contributed by atoms with Crippen molar-refractivity contribution in [1.29, 1.82) is 0 Å². The Balaban J connectivity index is 0.782. The molecule has 2 aromatic carbocycles. The number of aliphatic hydroxyl groups excluding tert-OH is 1. The van der Waals surface area contributed by atoms with E-state index in [4.69, 9.17) is 4.98 Å². The number of aryl methyl sites for hydroxylation is 1. The molecular formula is C48H59N11O5. The highest BCUT2D eigenvalue weighted by Crippen LogP contribution is 2.32. The third kappa shape index (κ3) is 10.0. The van der Waals surface area contributed by atoms with Crippen LogP contribution in [0.25, 0.3) is 5.65 Å². The fourth-order valence-electron chi connectivity index (χ4n) is 8.91. The van der Waals surface area contributed by atoms with Crippen molar-refractivity contribution >= 4 is 52.5 Å². The summed E-state index contributed by atoms with van der Waals surface area (Å²) in [5.41, 5.74) is 7.05. The summed E-state index contributed by atoms with van der Waals surface area (Å²) in [7, 11) is 0. The van der Waals surface area contributed by atoms with Gasteiger partial charge in [-0.1, -0.05) is 63.9 Å². The number of rotatable bonds is 17. The minimum atomic E-state index is -0.634. The van der Waals surface area contributed by atoms with Crippen LogP contribution < -0.4 is 21.3 Å². The fourth-order valence-corrected chi connectivity index (χ4v) is 8.91. The van der Waals surface area contributed by atoms with E-state index in [1.54, 1.807) is 11.1 Å². The molecule has 16 heteroatoms. The number of benzene rings is 2. The van der Waals surface area contributed by atoms with Crippen molar-refractivity contribution in [2.24, 2.45) is 0 Å². The second kappa shape index (κ2) is 20.0. The number of carbonyl (C=O) groups is 4. The molecule has 64 heavy (non-hydrogen) atoms. The number of piperazine rings is 1. The lowest BCUT2D eigenvalue weighted by molar-refractivity contribution is -0.136. The molecule has 6 heterocycles. The lowest BCUT2D eigenvalue weighted by atomic mass is 9.98. The number of amides is 5. The third-order valence-electron chi connectivity index (χ3n) is 12.6. The molecule has 3 aliphatic heterocycles. The van der Waals surface area contributed by atoms with Gasteiger partial charge in [0.25, 0.3) is 5.91 Å². The summed E-state index contributed by atoms with van der Waals surface area (Å²) in [6, 6.07) is 18.6. The molecule has 5 aromatic rings. The number of aromatic nitrogens is 4. The molecule has 3 aliphatic rings. The van der Waals surface area contributed by atoms with E-state index < -0.39 is 12.1 Å². The quantitative estimate of drug-likeness (QED) is 0.0491. The van der Waals surface area contributed by atoms with Crippen molar-refractivity contribution in [3.8, 4) is 0 Å². The van der Waals surface area contributed by atoms with Gasteiger partial charge in [-0.15, -0.1) is 0 Å². The summed E-state index contributed by atoms with van der Waals surface area (Å²) in [4.78, 5) is 65.9. The number of aliphatic hydroxyl groups is 1. The van der Waals surface area contributed by atoms with Crippen molar-refractivity contribution in [3.63, 3.8) is 0 Å². The molecule has 0 saturated carbocycles. The molecule has 1 unspecified atom stereocenters. The average Bonchev–Trinajstić information content (AvgIpc) is 3.88. The second-order valence-corrected chi connectivity index (χ2v) is 17.4. The Morgan fingerprint density at radius 2 is 1.78 bits per heavy atom. The summed E-state index contributed by atoms with van der Waals surface area (Å²) in [5.74, 6) is 1.31. The number of carbonyl (C=O) groups excluding carboxylic acids is 4. The largest absolute Gasteiger partial charge is 0.388 e. The summed E-state index contributed by atoms with van der Waals surface area (Å²) < 4.78 is 1.81. The number of hydrogen-bond acceptors (Lipinski definition) is 11. The highest BCUT2D eigenvalue weighted by molar-refractivity contribution is 6.05. The van der Waals surface area contributed by atoms with Crippen molar-refractivity contribution in [1.82, 2.24) is 39.6 Å². The first-order chi connectivity index (χ1) is 31.1. The number of fused-ring (bicyclic) bond motifs is 2. The van der Waals surface area contributed by atoms with E-state index in [0.29, 0.717) is 56.2 Å². The predicted octanol–water partition coefficient (Wildman–Crippen LogP) is 6.76. The van der Waals surface area contributed by atoms with Gasteiger partial charge in [-0.25, -0.2) is 14.8 Å². The monoisotopic (exact) mass is 869 g/mol. The summed E-state index contributed by atoms with van der Waals surface area (Å²) in [6.45, 7) is 11.1. The molecular weight excluding hydrogens is 811 g/mol. The summed E-state index contributed by atoms with van der Waals surface area (Å²) in [6.07, 6.45) is 8.95. The Bertz CT molecular complexity index is 2480. The van der Waals surface area contributed by atoms with E-state index in [1.807, 2.05) is 77.1 Å². The molecule has 0 aliphatic carbocycles. The first kappa shape index (κ1) is 44.2. The van der Waals surface area contributed by atoms with Crippen molar-refractivity contribution in [2.75, 3.05) is 48.7 Å². The number of nitrogens with one attached hydrogen (secondary N) is 4. The Labute approximate surface area is 373 Å². The number of imide groups is 1. The third-order valence-corrected chi connectivity index (χ3v) is 12.6. The number of unbranched alkanes of at least 4 members (excludes halogenated alkanes) is 2. The molecule has 8 rings (SSSR count). The molecule has 2 fully saturated rings. The maximum atomic E-state index is 13.3. The number of hydrogen-bond donors (Lipinski definition) is 5. The van der Waals surface area contributed by atoms with Crippen molar-refractivity contribution < 1.29 is 24.3 Å². The summed E-state index contributed by atoms with van der Waals surface area (Å²) >= 11 is 0. The fraction of sp³-hybridized carbons (Fsp3) is 0.438. The van der Waals surface area contributed by atoms with E-state index >= 15 is 0 Å². The van der Waals surface area contributed by atoms with Crippen LogP contribution in [0.1, 0.15) is 116 Å². The zero-order chi connectivity index (χ0) is 44.7. The van der Waals surface area contributed by atoms with Gasteiger partial charge in [0.05, 0.1) is 12.3 Å². The maximum Gasteiger partial charge on any atom is 0.321 e. The van der Waals surface area contributed by atoms with Crippen molar-refractivity contribution in [3.05, 3.63) is 106 Å². The SMILES string of the molecule is CCC[C@@H](O)c1cccnc1Nc1cc(NCc2ccc(NC(=O)N3CCN(CCCCCc4cccc5c4CN(C4CCC(=O)NC4=O)C5=O)CC3)cc2)n2ncc(C(C)C)c2n1. The minimum absolute atomic E-state index is 0.104. The molecule has 3 aromatic heterocycles. The zero-order valence-electron chi connectivity index (χ0n) is 37.0. The molecule has 0 bridgehead atoms. The lowest BCUT2D eigenvalue weighted by Gasteiger charge is -2.34. The highest BCUT2D eigenvalue weighted by atomic mass is 16.3. The van der Waals surface area contributed by atoms with Crippen LogP contribution in [0.4, 0.5) is 27.9 Å². The average molecular weight is 870 g/mol. The minimum Gasteiger partial charge on any atom is -0.388 e. The maximum absolute atomic E-state index is 13.3. The highest BCUT2D eigenvalue weighted by Gasteiger charge is 2.39.